The van der Waals surface area contributed by atoms with Crippen LogP contribution in [0.3, 0.4) is 0 Å². The lowest BCUT2D eigenvalue weighted by atomic mass is 9.70. The minimum absolute atomic E-state index is 0.0258. The predicted octanol–water partition coefficient (Wildman–Crippen LogP) is 21.3. The third-order valence-corrected chi connectivity index (χ3v) is 24.6. The molecule has 0 atom stereocenters. The molecule has 2 aliphatic carbocycles. The summed E-state index contributed by atoms with van der Waals surface area (Å²) in [7, 11) is -3.45. The highest BCUT2D eigenvalue weighted by Gasteiger charge is 2.53. The van der Waals surface area contributed by atoms with Crippen LogP contribution in [0.15, 0.2) is 258 Å². The van der Waals surface area contributed by atoms with Crippen LogP contribution in [-0.4, -0.2) is 16.9 Å². The zero-order chi connectivity index (χ0) is 60.9. The fraction of sp³-hybridized carbons (Fsp3) is 0.157. The minimum atomic E-state index is -2.42. The monoisotopic (exact) mass is 1180 g/mol. The van der Waals surface area contributed by atoms with Gasteiger partial charge in [0.05, 0.1) is 19.9 Å². The van der Waals surface area contributed by atoms with Gasteiger partial charge in [0.1, 0.15) is 30.4 Å². The van der Waals surface area contributed by atoms with E-state index in [2.05, 4.69) is 326 Å². The molecule has 0 bridgehead atoms. The molecular formula is C83H71N2O2Si2. The smallest absolute Gasteiger partial charge is 0.135 e. The average Bonchev–Trinajstić information content (AvgIpc) is 1.51. The number of fused-ring (bicyclic) bond motifs is 18. The highest BCUT2D eigenvalue weighted by atomic mass is 28.3. The zero-order valence-electron chi connectivity index (χ0n) is 52.4. The molecule has 12 aromatic carbocycles. The van der Waals surface area contributed by atoms with Crippen molar-refractivity contribution in [3.63, 3.8) is 0 Å². The Bertz CT molecular complexity index is 5130. The first-order valence-electron chi connectivity index (χ1n) is 31.5. The van der Waals surface area contributed by atoms with E-state index < -0.39 is 22.3 Å². The predicted molar refractivity (Wildman–Crippen MR) is 382 cm³/mol. The summed E-state index contributed by atoms with van der Waals surface area (Å²) < 4.78 is 13.8. The maximum Gasteiger partial charge on any atom is 0.135 e. The van der Waals surface area contributed by atoms with E-state index in [-0.39, 0.29) is 10.8 Å². The van der Waals surface area contributed by atoms with Crippen LogP contribution in [0.25, 0.3) is 76.9 Å². The lowest BCUT2D eigenvalue weighted by Crippen LogP contribution is -2.53. The van der Waals surface area contributed by atoms with Crippen molar-refractivity contribution in [1.29, 1.82) is 0 Å². The average molecular weight is 1180 g/mol. The summed E-state index contributed by atoms with van der Waals surface area (Å²) >= 11 is 0. The van der Waals surface area contributed by atoms with Gasteiger partial charge in [-0.15, -0.1) is 0 Å². The van der Waals surface area contributed by atoms with Crippen molar-refractivity contribution >= 4 is 121 Å². The van der Waals surface area contributed by atoms with Gasteiger partial charge in [0.25, 0.3) is 0 Å². The van der Waals surface area contributed by atoms with Crippen LogP contribution in [0.2, 0.25) is 26.2 Å². The van der Waals surface area contributed by atoms with Crippen LogP contribution in [0.4, 0.5) is 34.1 Å². The SMILES string of the molecule is C[Si](C)c1cc(N(c2ccc(C(C)(C)C)cc2)c2cc3c(c4ccccc24)-c2ccc(N(c4ccc(C(C)(C)C)cc4)c4cc([Si](C)(C)c5ccccc5)c5oc6ccccc6c5c4)cc2C32c3ccccc3-c3ccccc32)cc2c1oc1ccccc12. The van der Waals surface area contributed by atoms with Crippen molar-refractivity contribution in [3.8, 4) is 22.3 Å². The molecule has 1 spiro atoms. The molecule has 0 fully saturated rings. The fourth-order valence-electron chi connectivity index (χ4n) is 15.1. The van der Waals surface area contributed by atoms with Gasteiger partial charge in [-0.05, 0) is 161 Å². The molecule has 0 amide bonds. The van der Waals surface area contributed by atoms with Gasteiger partial charge in [-0.1, -0.05) is 243 Å². The number of furan rings is 2. The van der Waals surface area contributed by atoms with E-state index in [1.165, 1.54) is 82.0 Å². The summed E-state index contributed by atoms with van der Waals surface area (Å²) in [6, 6.07) is 94.4. The highest BCUT2D eigenvalue weighted by Crippen LogP contribution is 2.66. The molecule has 6 heteroatoms. The largest absolute Gasteiger partial charge is 0.456 e. The summed E-state index contributed by atoms with van der Waals surface area (Å²) in [6.07, 6.45) is 0. The molecule has 89 heavy (non-hydrogen) atoms. The molecule has 0 N–H and O–H groups in total. The molecule has 2 heterocycles. The van der Waals surface area contributed by atoms with Gasteiger partial charge < -0.3 is 18.6 Å². The first kappa shape index (κ1) is 54.9. The fourth-order valence-corrected chi connectivity index (χ4v) is 18.8. The molecule has 0 saturated heterocycles. The summed E-state index contributed by atoms with van der Waals surface area (Å²) in [5.74, 6) is 0. The molecule has 433 valence electrons. The van der Waals surface area contributed by atoms with Crippen molar-refractivity contribution in [2.45, 2.75) is 84.0 Å². The maximum absolute atomic E-state index is 7.01. The van der Waals surface area contributed by atoms with Crippen LogP contribution in [-0.2, 0) is 16.2 Å². The second kappa shape index (κ2) is 20.0. The van der Waals surface area contributed by atoms with E-state index in [4.69, 9.17) is 8.83 Å². The van der Waals surface area contributed by atoms with Crippen LogP contribution in [0, 0.1) is 0 Å². The van der Waals surface area contributed by atoms with Crippen molar-refractivity contribution in [3.05, 3.63) is 282 Å². The van der Waals surface area contributed by atoms with Crippen LogP contribution >= 0.6 is 0 Å². The van der Waals surface area contributed by atoms with Crippen molar-refractivity contribution < 1.29 is 8.83 Å². The van der Waals surface area contributed by atoms with E-state index in [1.807, 2.05) is 0 Å². The van der Waals surface area contributed by atoms with Gasteiger partial charge in [-0.2, -0.15) is 0 Å². The molecule has 2 aromatic heterocycles. The second-order valence-corrected chi connectivity index (χ2v) is 34.5. The molecular weight excluding hydrogens is 1110 g/mol. The Morgan fingerprint density at radius 3 is 1.44 bits per heavy atom. The highest BCUT2D eigenvalue weighted by molar-refractivity contribution is 7.01. The normalized spacial score (nSPS) is 13.5. The van der Waals surface area contributed by atoms with E-state index in [0.29, 0.717) is 0 Å². The van der Waals surface area contributed by atoms with Gasteiger partial charge in [-0.3, -0.25) is 0 Å². The Morgan fingerprint density at radius 1 is 0.371 bits per heavy atom. The molecule has 0 unspecified atom stereocenters. The Balaban J connectivity index is 0.996. The summed E-state index contributed by atoms with van der Waals surface area (Å²) in [6.45, 7) is 23.5. The third kappa shape index (κ3) is 8.36. The first-order valence-corrected chi connectivity index (χ1v) is 37.0. The van der Waals surface area contributed by atoms with Crippen molar-refractivity contribution in [1.82, 2.24) is 0 Å². The van der Waals surface area contributed by atoms with Crippen LogP contribution in [0.5, 0.6) is 0 Å². The van der Waals surface area contributed by atoms with Crippen molar-refractivity contribution in [2.24, 2.45) is 0 Å². The summed E-state index contributed by atoms with van der Waals surface area (Å²) in [4.78, 5) is 5.10. The Hall–Kier alpha value is -9.47. The second-order valence-electron chi connectivity index (χ2n) is 27.6. The Kier molecular flexibility index (Phi) is 12.4. The van der Waals surface area contributed by atoms with E-state index >= 15 is 0 Å². The molecule has 1 radical (unpaired) electrons. The minimum Gasteiger partial charge on any atom is -0.456 e. The summed E-state index contributed by atoms with van der Waals surface area (Å²) in [5.41, 5.74) is 22.4. The van der Waals surface area contributed by atoms with Crippen molar-refractivity contribution in [2.75, 3.05) is 9.80 Å². The number of hydrogen-bond donors (Lipinski definition) is 0. The number of anilines is 6. The maximum atomic E-state index is 7.01. The zero-order valence-corrected chi connectivity index (χ0v) is 54.4. The number of rotatable bonds is 9. The standard InChI is InChI=1S/C83H71N2O2Si2/c1-81(2,3)52-36-40-54(41-37-52)84(58-47-68-64-30-19-23-35-75(64)87-80(68)77(50-58)89(9,10)59-24-12-11-13-25-59)56-44-45-66-71(48-56)83(69-32-20-16-26-60(69)61-27-17-21-33-70(61)83)72-51-73(62-28-14-15-31-65(62)78(66)72)85(55-42-38-53(39-43-55)82(4,5)6)57-46-67-63-29-18-22-34-74(63)86-79(67)76(49-57)88(7)8/h11-51H,1-10H3. The molecule has 14 aromatic rings. The lowest BCUT2D eigenvalue weighted by molar-refractivity contribution is 0.590. The van der Waals surface area contributed by atoms with Gasteiger partial charge in [0.15, 0.2) is 0 Å². The van der Waals surface area contributed by atoms with E-state index in [0.717, 1.165) is 78.0 Å². The lowest BCUT2D eigenvalue weighted by Gasteiger charge is -2.34. The summed E-state index contributed by atoms with van der Waals surface area (Å²) in [5, 5.41) is 10.9. The topological polar surface area (TPSA) is 32.8 Å². The van der Waals surface area contributed by atoms with Gasteiger partial charge in [0, 0.05) is 55.4 Å². The van der Waals surface area contributed by atoms with Crippen LogP contribution in [0.1, 0.15) is 74.9 Å². The molecule has 0 saturated carbocycles. The first-order chi connectivity index (χ1) is 43.0. The third-order valence-electron chi connectivity index (χ3n) is 19.7. The molecule has 2 aliphatic rings. The van der Waals surface area contributed by atoms with Crippen LogP contribution < -0.4 is 25.4 Å². The molecule has 0 aliphatic heterocycles. The molecule has 16 rings (SSSR count). The van der Waals surface area contributed by atoms with Gasteiger partial charge >= 0.3 is 0 Å². The Morgan fingerprint density at radius 2 is 0.854 bits per heavy atom. The number of para-hydroxylation sites is 2. The number of hydrogen-bond acceptors (Lipinski definition) is 4. The quantitative estimate of drug-likeness (QED) is 0.135. The van der Waals surface area contributed by atoms with Gasteiger partial charge in [0.2, 0.25) is 0 Å². The molecule has 4 nitrogen and oxygen atoms in total. The van der Waals surface area contributed by atoms with Gasteiger partial charge in [-0.25, -0.2) is 0 Å². The van der Waals surface area contributed by atoms with E-state index in [1.54, 1.807) is 0 Å². The Labute approximate surface area is 524 Å². The number of benzene rings is 12. The van der Waals surface area contributed by atoms with E-state index in [9.17, 15) is 0 Å². The number of nitrogens with zero attached hydrogens (tertiary/aromatic N) is 2.